The summed E-state index contributed by atoms with van der Waals surface area (Å²) in [6.07, 6.45) is 5.96. The molecule has 2 aliphatic rings. The molecule has 2 aromatic rings. The van der Waals surface area contributed by atoms with Gasteiger partial charge in [0.05, 0.1) is 11.8 Å². The van der Waals surface area contributed by atoms with Crippen LogP contribution in [0.1, 0.15) is 36.4 Å². The Kier molecular flexibility index (Phi) is 4.90. The number of hydrazone groups is 1. The van der Waals surface area contributed by atoms with E-state index < -0.39 is 0 Å². The standard InChI is InChI=1S/C23H20F2N2O/c1-2-21(28)27-23(16-8-12-19(25)13-9-16)20-5-3-4-17(22(20)26-27)14-15-6-10-18(24)11-7-15/h2,6-14,20,23H,1,3-5H2. The van der Waals surface area contributed by atoms with Crippen LogP contribution in [0, 0.1) is 17.6 Å². The van der Waals surface area contributed by atoms with Crippen molar-refractivity contribution in [2.45, 2.75) is 25.3 Å². The van der Waals surface area contributed by atoms with Gasteiger partial charge in [-0.2, -0.15) is 5.10 Å². The van der Waals surface area contributed by atoms with E-state index in [1.165, 1.54) is 35.4 Å². The lowest BCUT2D eigenvalue weighted by molar-refractivity contribution is -0.128. The number of hydrogen-bond donors (Lipinski definition) is 0. The molecule has 0 saturated heterocycles. The van der Waals surface area contributed by atoms with Crippen LogP contribution in [0.2, 0.25) is 0 Å². The Bertz CT molecular complexity index is 961. The summed E-state index contributed by atoms with van der Waals surface area (Å²) < 4.78 is 26.6. The van der Waals surface area contributed by atoms with E-state index in [0.717, 1.165) is 41.7 Å². The Morgan fingerprint density at radius 2 is 1.71 bits per heavy atom. The Hall–Kier alpha value is -3.08. The van der Waals surface area contributed by atoms with Crippen LogP contribution in [-0.4, -0.2) is 16.6 Å². The molecule has 0 radical (unpaired) electrons. The van der Waals surface area contributed by atoms with Gasteiger partial charge in [0.2, 0.25) is 0 Å². The molecule has 2 aromatic carbocycles. The van der Waals surface area contributed by atoms with Crippen LogP contribution in [0.15, 0.2) is 71.9 Å². The highest BCUT2D eigenvalue weighted by Crippen LogP contribution is 2.44. The van der Waals surface area contributed by atoms with Gasteiger partial charge in [-0.25, -0.2) is 13.8 Å². The fourth-order valence-corrected chi connectivity index (χ4v) is 4.03. The van der Waals surface area contributed by atoms with Gasteiger partial charge in [-0.15, -0.1) is 0 Å². The second-order valence-corrected chi connectivity index (χ2v) is 7.09. The minimum absolute atomic E-state index is 0.0369. The smallest absolute Gasteiger partial charge is 0.266 e. The van der Waals surface area contributed by atoms with Crippen molar-refractivity contribution in [3.8, 4) is 0 Å². The molecule has 1 amide bonds. The van der Waals surface area contributed by atoms with E-state index in [2.05, 4.69) is 11.7 Å². The minimum atomic E-state index is -0.315. The van der Waals surface area contributed by atoms with Crippen molar-refractivity contribution < 1.29 is 13.6 Å². The average molecular weight is 378 g/mol. The average Bonchev–Trinajstić information content (AvgIpc) is 3.10. The molecule has 0 bridgehead atoms. The summed E-state index contributed by atoms with van der Waals surface area (Å²) in [6.45, 7) is 3.59. The predicted octanol–water partition coefficient (Wildman–Crippen LogP) is 5.27. The molecule has 28 heavy (non-hydrogen) atoms. The third kappa shape index (κ3) is 3.40. The molecule has 1 saturated carbocycles. The van der Waals surface area contributed by atoms with Crippen molar-refractivity contribution in [3.05, 3.63) is 89.5 Å². The molecule has 5 heteroatoms. The highest BCUT2D eigenvalue weighted by molar-refractivity contribution is 6.08. The Morgan fingerprint density at radius 3 is 2.36 bits per heavy atom. The molecule has 0 aromatic heterocycles. The van der Waals surface area contributed by atoms with Crippen LogP contribution in [0.4, 0.5) is 8.78 Å². The Labute approximate surface area is 162 Å². The minimum Gasteiger partial charge on any atom is -0.268 e. The van der Waals surface area contributed by atoms with Crippen LogP contribution in [0.3, 0.4) is 0 Å². The Morgan fingerprint density at radius 1 is 1.07 bits per heavy atom. The molecule has 0 N–H and O–H groups in total. The van der Waals surface area contributed by atoms with E-state index in [1.807, 2.05) is 6.08 Å². The molecule has 4 rings (SSSR count). The number of benzene rings is 2. The van der Waals surface area contributed by atoms with Crippen molar-refractivity contribution in [1.29, 1.82) is 0 Å². The third-order valence-electron chi connectivity index (χ3n) is 5.32. The van der Waals surface area contributed by atoms with Gasteiger partial charge >= 0.3 is 0 Å². The number of fused-ring (bicyclic) bond motifs is 1. The lowest BCUT2D eigenvalue weighted by atomic mass is 9.77. The zero-order valence-electron chi connectivity index (χ0n) is 15.3. The summed E-state index contributed by atoms with van der Waals surface area (Å²) in [5.74, 6) is -0.835. The normalized spacial score (nSPS) is 22.7. The lowest BCUT2D eigenvalue weighted by Gasteiger charge is -2.29. The van der Waals surface area contributed by atoms with E-state index in [1.54, 1.807) is 24.3 Å². The number of halogens is 2. The molecular formula is C23H20F2N2O. The number of allylic oxidation sites excluding steroid dienone is 1. The van der Waals surface area contributed by atoms with Gasteiger partial charge in [0.25, 0.3) is 5.91 Å². The molecule has 0 spiro atoms. The maximum absolute atomic E-state index is 13.4. The van der Waals surface area contributed by atoms with Crippen molar-refractivity contribution in [2.75, 3.05) is 0 Å². The summed E-state index contributed by atoms with van der Waals surface area (Å²) in [5, 5.41) is 6.11. The number of carbonyl (C=O) groups is 1. The van der Waals surface area contributed by atoms with Crippen molar-refractivity contribution >= 4 is 17.7 Å². The van der Waals surface area contributed by atoms with E-state index >= 15 is 0 Å². The van der Waals surface area contributed by atoms with E-state index in [0.29, 0.717) is 0 Å². The van der Waals surface area contributed by atoms with Crippen LogP contribution in [-0.2, 0) is 4.79 Å². The van der Waals surface area contributed by atoms with Crippen LogP contribution in [0.5, 0.6) is 0 Å². The summed E-state index contributed by atoms with van der Waals surface area (Å²) in [4.78, 5) is 12.5. The van der Waals surface area contributed by atoms with Crippen LogP contribution < -0.4 is 0 Å². The van der Waals surface area contributed by atoms with Gasteiger partial charge < -0.3 is 0 Å². The van der Waals surface area contributed by atoms with Gasteiger partial charge in [-0.3, -0.25) is 4.79 Å². The summed E-state index contributed by atoms with van der Waals surface area (Å²) in [6, 6.07) is 12.3. The third-order valence-corrected chi connectivity index (χ3v) is 5.32. The van der Waals surface area contributed by atoms with Crippen molar-refractivity contribution in [1.82, 2.24) is 5.01 Å². The summed E-state index contributed by atoms with van der Waals surface area (Å²) >= 11 is 0. The van der Waals surface area contributed by atoms with Crippen LogP contribution >= 0.6 is 0 Å². The Balaban J connectivity index is 1.74. The molecule has 1 aliphatic heterocycles. The lowest BCUT2D eigenvalue weighted by Crippen LogP contribution is -2.30. The SMILES string of the molecule is C=CC(=O)N1N=C2C(=Cc3ccc(F)cc3)CCCC2C1c1ccc(F)cc1. The summed E-state index contributed by atoms with van der Waals surface area (Å²) in [7, 11) is 0. The quantitative estimate of drug-likeness (QED) is 0.670. The van der Waals surface area contributed by atoms with Gasteiger partial charge in [-0.1, -0.05) is 30.8 Å². The second kappa shape index (κ2) is 7.50. The molecule has 1 fully saturated rings. The first-order chi connectivity index (χ1) is 13.6. The predicted molar refractivity (Wildman–Crippen MR) is 105 cm³/mol. The monoisotopic (exact) mass is 378 g/mol. The zero-order chi connectivity index (χ0) is 19.7. The topological polar surface area (TPSA) is 32.7 Å². The van der Waals surface area contributed by atoms with Gasteiger partial charge in [0.1, 0.15) is 11.6 Å². The van der Waals surface area contributed by atoms with E-state index in [4.69, 9.17) is 0 Å². The number of nitrogens with zero attached hydrogens (tertiary/aromatic N) is 2. The molecular weight excluding hydrogens is 358 g/mol. The van der Waals surface area contributed by atoms with E-state index in [9.17, 15) is 13.6 Å². The number of carbonyl (C=O) groups excluding carboxylic acids is 1. The van der Waals surface area contributed by atoms with Crippen molar-refractivity contribution in [3.63, 3.8) is 0 Å². The number of amides is 1. The fourth-order valence-electron chi connectivity index (χ4n) is 4.03. The van der Waals surface area contributed by atoms with Crippen LogP contribution in [0.25, 0.3) is 6.08 Å². The highest BCUT2D eigenvalue weighted by Gasteiger charge is 2.43. The molecule has 1 heterocycles. The fraction of sp³-hybridized carbons (Fsp3) is 0.217. The number of rotatable bonds is 3. The molecule has 3 nitrogen and oxygen atoms in total. The molecule has 2 unspecified atom stereocenters. The van der Waals surface area contributed by atoms with Gasteiger partial charge in [0.15, 0.2) is 0 Å². The first-order valence-corrected chi connectivity index (χ1v) is 9.33. The molecule has 142 valence electrons. The zero-order valence-corrected chi connectivity index (χ0v) is 15.3. The first-order valence-electron chi connectivity index (χ1n) is 9.33. The maximum Gasteiger partial charge on any atom is 0.266 e. The molecule has 1 aliphatic carbocycles. The highest BCUT2D eigenvalue weighted by atomic mass is 19.1. The number of hydrogen-bond acceptors (Lipinski definition) is 2. The summed E-state index contributed by atoms with van der Waals surface area (Å²) in [5.41, 5.74) is 3.67. The van der Waals surface area contributed by atoms with Crippen molar-refractivity contribution in [2.24, 2.45) is 11.0 Å². The first kappa shape index (κ1) is 18.3. The van der Waals surface area contributed by atoms with E-state index in [-0.39, 0.29) is 29.5 Å². The molecule has 2 atom stereocenters. The second-order valence-electron chi connectivity index (χ2n) is 7.09. The maximum atomic E-state index is 13.4. The largest absolute Gasteiger partial charge is 0.268 e. The van der Waals surface area contributed by atoms with Gasteiger partial charge in [-0.05, 0) is 72.4 Å². The van der Waals surface area contributed by atoms with Gasteiger partial charge in [0, 0.05) is 5.92 Å².